The Kier molecular flexibility index (Phi) is 8.39. The van der Waals surface area contributed by atoms with Gasteiger partial charge >= 0.3 is 0 Å². The first-order chi connectivity index (χ1) is 27.4. The van der Waals surface area contributed by atoms with Crippen LogP contribution in [-0.4, -0.2) is 5.54 Å². The summed E-state index contributed by atoms with van der Waals surface area (Å²) in [7, 11) is 0. The van der Waals surface area contributed by atoms with Gasteiger partial charge in [0.25, 0.3) is 0 Å². The highest BCUT2D eigenvalue weighted by Crippen LogP contribution is 2.63. The van der Waals surface area contributed by atoms with E-state index in [1.807, 2.05) is 22.7 Å². The fourth-order valence-corrected chi connectivity index (χ4v) is 12.1. The van der Waals surface area contributed by atoms with Crippen LogP contribution in [0.15, 0.2) is 192 Å². The Morgan fingerprint density at radius 2 is 1.12 bits per heavy atom. The molecule has 0 amide bonds. The number of nitrogens with zero attached hydrogens (tertiary/aromatic N) is 2. The molecule has 0 N–H and O–H groups in total. The van der Waals surface area contributed by atoms with E-state index in [9.17, 15) is 0 Å². The molecule has 4 unspecified atom stereocenters. The molecule has 10 rings (SSSR count). The molecular formula is C52H44N2S2. The van der Waals surface area contributed by atoms with Crippen LogP contribution in [-0.2, 0) is 5.41 Å². The summed E-state index contributed by atoms with van der Waals surface area (Å²) in [5.74, 6) is 0.738. The molecule has 2 aliphatic carbocycles. The molecule has 0 fully saturated rings. The molecule has 0 bridgehead atoms. The Labute approximate surface area is 339 Å². The van der Waals surface area contributed by atoms with Crippen LogP contribution in [0.25, 0.3) is 32.0 Å². The van der Waals surface area contributed by atoms with Crippen molar-refractivity contribution in [2.24, 2.45) is 11.8 Å². The second-order valence-electron chi connectivity index (χ2n) is 15.8. The smallest absolute Gasteiger partial charge is 0.0833 e. The minimum absolute atomic E-state index is 0.241. The molecule has 2 aromatic heterocycles. The molecule has 3 heterocycles. The Hall–Kier alpha value is -5.68. The summed E-state index contributed by atoms with van der Waals surface area (Å²) in [6.45, 7) is 9.70. The lowest BCUT2D eigenvalue weighted by Gasteiger charge is -2.57. The number of thiophene rings is 2. The first-order valence-corrected chi connectivity index (χ1v) is 21.4. The van der Waals surface area contributed by atoms with Crippen molar-refractivity contribution >= 4 is 51.1 Å². The lowest BCUT2D eigenvalue weighted by molar-refractivity contribution is 0.461. The van der Waals surface area contributed by atoms with E-state index < -0.39 is 0 Å². The highest BCUT2D eigenvalue weighted by Gasteiger charge is 2.55. The van der Waals surface area contributed by atoms with Gasteiger partial charge in [0.15, 0.2) is 0 Å². The fraction of sp³-hybridized carbons (Fsp3) is 0.154. The first kappa shape index (κ1) is 34.8. The van der Waals surface area contributed by atoms with Gasteiger partial charge in [-0.15, -0.1) is 22.7 Å². The third kappa shape index (κ3) is 5.34. The maximum Gasteiger partial charge on any atom is 0.0833 e. The molecule has 0 radical (unpaired) electrons. The van der Waals surface area contributed by atoms with Gasteiger partial charge in [0.05, 0.1) is 16.9 Å². The number of rotatable bonds is 7. The number of benzene rings is 5. The molecule has 0 saturated heterocycles. The monoisotopic (exact) mass is 760 g/mol. The van der Waals surface area contributed by atoms with Crippen molar-refractivity contribution in [1.29, 1.82) is 0 Å². The summed E-state index contributed by atoms with van der Waals surface area (Å²) in [5, 5.41) is 4.77. The zero-order chi connectivity index (χ0) is 38.0. The highest BCUT2D eigenvalue weighted by atomic mass is 32.1. The minimum Gasteiger partial charge on any atom is -0.327 e. The Morgan fingerprint density at radius 3 is 1.79 bits per heavy atom. The molecule has 7 aromatic rings. The van der Waals surface area contributed by atoms with E-state index in [0.717, 1.165) is 11.4 Å². The van der Waals surface area contributed by atoms with Crippen LogP contribution in [0.2, 0.25) is 0 Å². The second-order valence-corrected chi connectivity index (χ2v) is 17.5. The fourth-order valence-electron chi connectivity index (χ4n) is 9.87. The number of hydrogen-bond donors (Lipinski definition) is 0. The van der Waals surface area contributed by atoms with Crippen LogP contribution in [0.4, 0.5) is 28.4 Å². The Morgan fingerprint density at radius 1 is 0.571 bits per heavy atom. The SMILES string of the molecule is CC1C=CC2(C)C3=C1C(C)C=CC3(C)N(c1cccc(N(c3ccccc3)c3csc(-c4ccccc4)c3-c3ccccc3)c1)c1csc(-c3ccccc3)c12. The van der Waals surface area contributed by atoms with Crippen molar-refractivity contribution in [2.45, 2.75) is 38.6 Å². The van der Waals surface area contributed by atoms with Crippen LogP contribution in [0, 0.1) is 11.8 Å². The van der Waals surface area contributed by atoms with Crippen molar-refractivity contribution in [2.75, 3.05) is 9.80 Å². The summed E-state index contributed by atoms with van der Waals surface area (Å²) in [4.78, 5) is 7.74. The van der Waals surface area contributed by atoms with Gasteiger partial charge in [0.2, 0.25) is 0 Å². The molecule has 0 spiro atoms. The van der Waals surface area contributed by atoms with Crippen molar-refractivity contribution in [3.8, 4) is 32.0 Å². The van der Waals surface area contributed by atoms with E-state index in [1.54, 1.807) is 5.57 Å². The maximum atomic E-state index is 2.66. The van der Waals surface area contributed by atoms with Gasteiger partial charge in [-0.25, -0.2) is 0 Å². The van der Waals surface area contributed by atoms with E-state index in [1.165, 1.54) is 60.2 Å². The molecule has 0 saturated carbocycles. The summed E-state index contributed by atoms with van der Waals surface area (Å²) < 4.78 is 0. The van der Waals surface area contributed by atoms with Crippen LogP contribution in [0.5, 0.6) is 0 Å². The van der Waals surface area contributed by atoms with Gasteiger partial charge in [0, 0.05) is 54.1 Å². The lowest BCUT2D eigenvalue weighted by Crippen LogP contribution is -2.56. The number of allylic oxidation sites excluding steroid dienone is 4. The summed E-state index contributed by atoms with van der Waals surface area (Å²) in [5.41, 5.74) is 14.7. The van der Waals surface area contributed by atoms with Gasteiger partial charge in [-0.05, 0) is 78.3 Å². The second kappa shape index (κ2) is 13.5. The normalized spacial score (nSPS) is 22.2. The average molecular weight is 761 g/mol. The quantitative estimate of drug-likeness (QED) is 0.149. The average Bonchev–Trinajstić information content (AvgIpc) is 3.88. The number of para-hydroxylation sites is 1. The third-order valence-electron chi connectivity index (χ3n) is 12.2. The predicted molar refractivity (Wildman–Crippen MR) is 241 cm³/mol. The topological polar surface area (TPSA) is 6.48 Å². The third-order valence-corrected chi connectivity index (χ3v) is 14.3. The summed E-state index contributed by atoms with van der Waals surface area (Å²) >= 11 is 3.70. The van der Waals surface area contributed by atoms with Gasteiger partial charge in [-0.1, -0.05) is 159 Å². The molecule has 4 atom stereocenters. The van der Waals surface area contributed by atoms with Gasteiger partial charge in [0.1, 0.15) is 0 Å². The van der Waals surface area contributed by atoms with Crippen LogP contribution in [0.3, 0.4) is 0 Å². The van der Waals surface area contributed by atoms with E-state index in [2.05, 4.69) is 218 Å². The zero-order valence-electron chi connectivity index (χ0n) is 32.2. The standard InChI is InChI=1S/C52H44N2S2/c1-35-28-30-51(3)47-44(34-56-49(47)39-22-13-7-14-23-39)54(52(4)31-29-36(2)45(35)50(51)52)42-27-17-26-41(32-42)53(40-24-15-8-16-25-40)43-33-55-48(38-20-11-6-12-21-38)46(43)37-18-9-5-10-19-37/h5-36H,1-4H3. The number of anilines is 5. The Balaban J connectivity index is 1.21. The van der Waals surface area contributed by atoms with E-state index >= 15 is 0 Å². The van der Waals surface area contributed by atoms with Crippen molar-refractivity contribution in [1.82, 2.24) is 0 Å². The molecular weight excluding hydrogens is 717 g/mol. The van der Waals surface area contributed by atoms with Gasteiger partial charge < -0.3 is 9.80 Å². The number of fused-ring (bicyclic) bond motifs is 2. The highest BCUT2D eigenvalue weighted by molar-refractivity contribution is 7.15. The maximum absolute atomic E-state index is 2.66. The molecule has 4 heteroatoms. The van der Waals surface area contributed by atoms with Crippen molar-refractivity contribution < 1.29 is 0 Å². The molecule has 2 nitrogen and oxygen atoms in total. The predicted octanol–water partition coefficient (Wildman–Crippen LogP) is 15.2. The van der Waals surface area contributed by atoms with E-state index in [4.69, 9.17) is 0 Å². The van der Waals surface area contributed by atoms with Crippen LogP contribution >= 0.6 is 22.7 Å². The molecule has 1 aliphatic heterocycles. The zero-order valence-corrected chi connectivity index (χ0v) is 33.8. The largest absolute Gasteiger partial charge is 0.327 e. The minimum atomic E-state index is -0.369. The first-order valence-electron chi connectivity index (χ1n) is 19.7. The lowest BCUT2D eigenvalue weighted by atomic mass is 9.56. The van der Waals surface area contributed by atoms with Gasteiger partial charge in [-0.2, -0.15) is 0 Å². The summed E-state index contributed by atoms with van der Waals surface area (Å²) in [6, 6.07) is 52.8. The van der Waals surface area contributed by atoms with E-state index in [-0.39, 0.29) is 11.0 Å². The van der Waals surface area contributed by atoms with Gasteiger partial charge in [-0.3, -0.25) is 0 Å². The molecule has 56 heavy (non-hydrogen) atoms. The van der Waals surface area contributed by atoms with Crippen molar-refractivity contribution in [3.05, 3.63) is 197 Å². The molecule has 3 aliphatic rings. The Bertz CT molecular complexity index is 2650. The number of hydrogen-bond acceptors (Lipinski definition) is 4. The summed E-state index contributed by atoms with van der Waals surface area (Å²) in [6.07, 6.45) is 9.95. The van der Waals surface area contributed by atoms with Crippen LogP contribution in [0.1, 0.15) is 33.3 Å². The van der Waals surface area contributed by atoms with Crippen molar-refractivity contribution in [3.63, 3.8) is 0 Å². The van der Waals surface area contributed by atoms with E-state index in [0.29, 0.717) is 11.8 Å². The van der Waals surface area contributed by atoms with Crippen LogP contribution < -0.4 is 9.80 Å². The molecule has 5 aromatic carbocycles. The molecule has 274 valence electrons.